The molecule has 2 N–H and O–H groups in total. The number of fused-ring (bicyclic) bond motifs is 2. The summed E-state index contributed by atoms with van der Waals surface area (Å²) < 4.78 is 0. The van der Waals surface area contributed by atoms with Gasteiger partial charge >= 0.3 is 0 Å². The molecule has 1 aliphatic heterocycles. The Hall–Kier alpha value is -1.23. The first kappa shape index (κ1) is 16.6. The Morgan fingerprint density at radius 1 is 1.48 bits per heavy atom. The first-order valence-corrected chi connectivity index (χ1v) is 8.35. The fourth-order valence-corrected chi connectivity index (χ4v) is 4.39. The highest BCUT2D eigenvalue weighted by Crippen LogP contribution is 2.42. The van der Waals surface area contributed by atoms with E-state index in [9.17, 15) is 4.79 Å². The molecule has 0 bridgehead atoms. The number of benzene rings is 1. The minimum absolute atomic E-state index is 0. The number of piperidine rings is 1. The smallest absolute Gasteiger partial charge is 0.235 e. The predicted octanol–water partition coefficient (Wildman–Crippen LogP) is 2.66. The van der Waals surface area contributed by atoms with Gasteiger partial charge in [0, 0.05) is 41.6 Å². The molecule has 1 aromatic carbocycles. The molecule has 0 spiro atoms. The van der Waals surface area contributed by atoms with Crippen molar-refractivity contribution in [1.29, 1.82) is 0 Å². The van der Waals surface area contributed by atoms with E-state index >= 15 is 0 Å². The number of alkyl halides is 1. The van der Waals surface area contributed by atoms with Crippen LogP contribution in [0.1, 0.15) is 23.5 Å². The van der Waals surface area contributed by atoms with Crippen LogP contribution in [0.15, 0.2) is 24.4 Å². The fourth-order valence-electron chi connectivity index (χ4n) is 4.31. The summed E-state index contributed by atoms with van der Waals surface area (Å²) in [5.74, 6) is 0.424. The summed E-state index contributed by atoms with van der Waals surface area (Å²) in [5.41, 5.74) is 4.06. The lowest BCUT2D eigenvalue weighted by atomic mass is 9.74. The maximum absolute atomic E-state index is 11.6. The van der Waals surface area contributed by atoms with Crippen molar-refractivity contribution < 1.29 is 4.79 Å². The third-order valence-corrected chi connectivity index (χ3v) is 5.45. The number of likely N-dealkylation sites (tertiary alicyclic amines) is 1. The number of H-pyrrole nitrogens is 1. The second-order valence-corrected chi connectivity index (χ2v) is 6.80. The van der Waals surface area contributed by atoms with Crippen molar-refractivity contribution in [3.63, 3.8) is 0 Å². The lowest BCUT2D eigenvalue weighted by Gasteiger charge is -2.45. The van der Waals surface area contributed by atoms with Crippen molar-refractivity contribution in [2.75, 3.05) is 19.5 Å². The van der Waals surface area contributed by atoms with E-state index in [4.69, 9.17) is 11.6 Å². The van der Waals surface area contributed by atoms with Crippen LogP contribution < -0.4 is 5.32 Å². The Labute approximate surface area is 147 Å². The van der Waals surface area contributed by atoms with Crippen LogP contribution in [0.3, 0.4) is 0 Å². The molecule has 3 atom stereocenters. The summed E-state index contributed by atoms with van der Waals surface area (Å²) >= 11 is 5.63. The zero-order valence-corrected chi connectivity index (χ0v) is 14.6. The number of halogens is 2. The summed E-state index contributed by atoms with van der Waals surface area (Å²) in [7, 11) is 2.16. The molecule has 4 rings (SSSR count). The molecular weight excluding hydrogens is 333 g/mol. The van der Waals surface area contributed by atoms with Gasteiger partial charge in [0.25, 0.3) is 0 Å². The molecule has 124 valence electrons. The van der Waals surface area contributed by atoms with Crippen molar-refractivity contribution in [2.45, 2.75) is 30.8 Å². The standard InChI is InChI=1S/C17H20ClN3O.ClH/c1-21-9-11(20-16(22)7-18)6-13-12-3-2-4-14-17(12)10(8-19-14)5-15(13)21;/h2-4,8,11,13,15,19H,5-7,9H2,1H3,(H,20,22);1H/t11-,13-,15-;/m1./s1. The van der Waals surface area contributed by atoms with E-state index in [0.29, 0.717) is 12.0 Å². The molecule has 1 aromatic heterocycles. The lowest BCUT2D eigenvalue weighted by molar-refractivity contribution is -0.119. The molecule has 2 heterocycles. The molecule has 0 radical (unpaired) electrons. The number of hydrogen-bond acceptors (Lipinski definition) is 2. The second-order valence-electron chi connectivity index (χ2n) is 6.54. The monoisotopic (exact) mass is 353 g/mol. The summed E-state index contributed by atoms with van der Waals surface area (Å²) in [4.78, 5) is 17.4. The van der Waals surface area contributed by atoms with Gasteiger partial charge in [-0.3, -0.25) is 4.79 Å². The van der Waals surface area contributed by atoms with Crippen molar-refractivity contribution in [2.24, 2.45) is 0 Å². The van der Waals surface area contributed by atoms with Crippen LogP contribution in [0.2, 0.25) is 0 Å². The Bertz CT molecular complexity index is 730. The van der Waals surface area contributed by atoms with Gasteiger partial charge in [-0.05, 0) is 37.1 Å². The van der Waals surface area contributed by atoms with Crippen LogP contribution in [0, 0.1) is 0 Å². The van der Waals surface area contributed by atoms with Gasteiger partial charge in [-0.1, -0.05) is 12.1 Å². The molecule has 4 nitrogen and oxygen atoms in total. The van der Waals surface area contributed by atoms with Crippen LogP contribution in [-0.4, -0.2) is 47.3 Å². The number of rotatable bonds is 2. The van der Waals surface area contributed by atoms with Gasteiger partial charge < -0.3 is 15.2 Å². The van der Waals surface area contributed by atoms with Crippen LogP contribution in [0.25, 0.3) is 10.9 Å². The molecule has 1 saturated heterocycles. The van der Waals surface area contributed by atoms with E-state index in [-0.39, 0.29) is 30.2 Å². The number of amides is 1. The van der Waals surface area contributed by atoms with Crippen LogP contribution in [-0.2, 0) is 11.2 Å². The van der Waals surface area contributed by atoms with Crippen LogP contribution >= 0.6 is 24.0 Å². The summed E-state index contributed by atoms with van der Waals surface area (Å²) in [6, 6.07) is 7.20. The summed E-state index contributed by atoms with van der Waals surface area (Å²) in [5, 5.41) is 4.45. The Morgan fingerprint density at radius 3 is 3.09 bits per heavy atom. The highest BCUT2D eigenvalue weighted by molar-refractivity contribution is 6.27. The lowest BCUT2D eigenvalue weighted by Crippen LogP contribution is -2.55. The Kier molecular flexibility index (Phi) is 4.59. The second kappa shape index (κ2) is 6.34. The van der Waals surface area contributed by atoms with Crippen molar-refractivity contribution >= 4 is 40.8 Å². The summed E-state index contributed by atoms with van der Waals surface area (Å²) in [6.07, 6.45) is 4.22. The molecule has 2 aliphatic rings. The highest BCUT2D eigenvalue weighted by Gasteiger charge is 2.39. The van der Waals surface area contributed by atoms with E-state index in [2.05, 4.69) is 46.6 Å². The molecule has 1 amide bonds. The first-order valence-electron chi connectivity index (χ1n) is 7.82. The molecule has 6 heteroatoms. The van der Waals surface area contributed by atoms with Gasteiger partial charge in [0.1, 0.15) is 5.88 Å². The molecule has 2 aromatic rings. The van der Waals surface area contributed by atoms with Gasteiger partial charge in [-0.15, -0.1) is 24.0 Å². The quantitative estimate of drug-likeness (QED) is 0.815. The Balaban J connectivity index is 0.00000156. The van der Waals surface area contributed by atoms with E-state index in [1.54, 1.807) is 0 Å². The number of carbonyl (C=O) groups excluding carboxylic acids is 1. The SMILES string of the molecule is CN1C[C@H](NC(=O)CCl)C[C@@H]2c3cccc4[nH]cc(c34)C[C@H]21.Cl. The largest absolute Gasteiger partial charge is 0.361 e. The number of aromatic nitrogens is 1. The van der Waals surface area contributed by atoms with Gasteiger partial charge in [0.15, 0.2) is 0 Å². The van der Waals surface area contributed by atoms with Gasteiger partial charge in [-0.25, -0.2) is 0 Å². The number of carbonyl (C=O) groups is 1. The third-order valence-electron chi connectivity index (χ3n) is 5.21. The van der Waals surface area contributed by atoms with Gasteiger partial charge in [-0.2, -0.15) is 0 Å². The number of nitrogens with one attached hydrogen (secondary N) is 2. The van der Waals surface area contributed by atoms with Crippen LogP contribution in [0.4, 0.5) is 0 Å². The summed E-state index contributed by atoms with van der Waals surface area (Å²) in [6.45, 7) is 0.888. The molecule has 23 heavy (non-hydrogen) atoms. The van der Waals surface area contributed by atoms with Crippen molar-refractivity contribution in [3.8, 4) is 0 Å². The third kappa shape index (κ3) is 2.73. The van der Waals surface area contributed by atoms with Crippen molar-refractivity contribution in [3.05, 3.63) is 35.5 Å². The normalized spacial score (nSPS) is 26.4. The zero-order chi connectivity index (χ0) is 15.3. The molecule has 1 fully saturated rings. The predicted molar refractivity (Wildman–Crippen MR) is 95.7 cm³/mol. The first-order chi connectivity index (χ1) is 10.7. The van der Waals surface area contributed by atoms with E-state index in [0.717, 1.165) is 19.4 Å². The fraction of sp³-hybridized carbons (Fsp3) is 0.471. The number of hydrogen-bond donors (Lipinski definition) is 2. The zero-order valence-electron chi connectivity index (χ0n) is 13.0. The van der Waals surface area contributed by atoms with Crippen molar-refractivity contribution in [1.82, 2.24) is 15.2 Å². The molecule has 0 saturated carbocycles. The molecule has 0 unspecified atom stereocenters. The van der Waals surface area contributed by atoms with Gasteiger partial charge in [0.05, 0.1) is 0 Å². The van der Waals surface area contributed by atoms with Gasteiger partial charge in [0.2, 0.25) is 5.91 Å². The van der Waals surface area contributed by atoms with E-state index in [1.807, 2.05) is 0 Å². The Morgan fingerprint density at radius 2 is 2.30 bits per heavy atom. The average Bonchev–Trinajstić information content (AvgIpc) is 2.93. The maximum Gasteiger partial charge on any atom is 0.235 e. The number of likely N-dealkylation sites (N-methyl/N-ethyl adjacent to an activating group) is 1. The number of nitrogens with zero attached hydrogens (tertiary/aromatic N) is 1. The highest BCUT2D eigenvalue weighted by atomic mass is 35.5. The van der Waals surface area contributed by atoms with E-state index in [1.165, 1.54) is 22.0 Å². The minimum atomic E-state index is -0.0742. The number of aromatic amines is 1. The maximum atomic E-state index is 11.6. The molecular formula is C17H21Cl2N3O. The van der Waals surface area contributed by atoms with Crippen LogP contribution in [0.5, 0.6) is 0 Å². The minimum Gasteiger partial charge on any atom is -0.361 e. The average molecular weight is 354 g/mol. The van der Waals surface area contributed by atoms with E-state index < -0.39 is 0 Å². The topological polar surface area (TPSA) is 48.1 Å². The molecule has 1 aliphatic carbocycles.